The zero-order valence-corrected chi connectivity index (χ0v) is 17.0. The van der Waals surface area contributed by atoms with Gasteiger partial charge in [-0.05, 0) is 53.9 Å². The van der Waals surface area contributed by atoms with Crippen molar-refractivity contribution in [1.82, 2.24) is 19.6 Å². The molecule has 154 valence electrons. The van der Waals surface area contributed by atoms with Crippen molar-refractivity contribution in [2.75, 3.05) is 12.4 Å². The van der Waals surface area contributed by atoms with E-state index in [1.165, 1.54) is 0 Å². The number of fused-ring (bicyclic) bond motifs is 2. The Morgan fingerprint density at radius 1 is 1.06 bits per heavy atom. The van der Waals surface area contributed by atoms with Crippen LogP contribution >= 0.6 is 0 Å². The topological polar surface area (TPSA) is 84.3 Å². The molecule has 3 heterocycles. The number of hydrogen-bond donors (Lipinski definition) is 2. The zero-order valence-electron chi connectivity index (χ0n) is 17.0. The fourth-order valence-electron chi connectivity index (χ4n) is 3.84. The number of amides is 1. The first-order valence-corrected chi connectivity index (χ1v) is 10.1. The lowest BCUT2D eigenvalue weighted by atomic mass is 10.0. The number of H-pyrrole nitrogens is 1. The number of carbonyl (C=O) groups is 1. The Morgan fingerprint density at radius 3 is 2.74 bits per heavy atom. The molecule has 3 aromatic heterocycles. The number of benzene rings is 2. The summed E-state index contributed by atoms with van der Waals surface area (Å²) in [4.78, 5) is 20.5. The molecule has 2 N–H and O–H groups in total. The van der Waals surface area contributed by atoms with Crippen LogP contribution in [0.2, 0.25) is 0 Å². The highest BCUT2D eigenvalue weighted by Crippen LogP contribution is 2.32. The van der Waals surface area contributed by atoms with E-state index in [4.69, 9.17) is 4.74 Å². The van der Waals surface area contributed by atoms with Gasteiger partial charge < -0.3 is 15.0 Å². The fraction of sp³-hybridized carbons (Fsp3) is 0.125. The first kappa shape index (κ1) is 18.9. The van der Waals surface area contributed by atoms with Crippen LogP contribution in [0.5, 0.6) is 5.75 Å². The Morgan fingerprint density at radius 2 is 1.90 bits per heavy atom. The first-order chi connectivity index (χ1) is 15.2. The molecule has 7 nitrogen and oxygen atoms in total. The van der Waals surface area contributed by atoms with Crippen molar-refractivity contribution in [2.24, 2.45) is 0 Å². The highest BCUT2D eigenvalue weighted by molar-refractivity contribution is 5.93. The summed E-state index contributed by atoms with van der Waals surface area (Å²) in [6, 6.07) is 19.6. The van der Waals surface area contributed by atoms with Gasteiger partial charge in [-0.15, -0.1) is 0 Å². The molecule has 7 heteroatoms. The number of aromatic amines is 1. The molecule has 5 rings (SSSR count). The van der Waals surface area contributed by atoms with Gasteiger partial charge in [0.25, 0.3) is 0 Å². The predicted octanol–water partition coefficient (Wildman–Crippen LogP) is 4.46. The van der Waals surface area contributed by atoms with Crippen molar-refractivity contribution in [3.05, 3.63) is 78.6 Å². The van der Waals surface area contributed by atoms with Crippen LogP contribution in [0.1, 0.15) is 12.0 Å². The van der Waals surface area contributed by atoms with Crippen molar-refractivity contribution in [2.45, 2.75) is 12.8 Å². The van der Waals surface area contributed by atoms with Crippen LogP contribution in [-0.4, -0.2) is 32.6 Å². The van der Waals surface area contributed by atoms with E-state index < -0.39 is 0 Å². The third-order valence-electron chi connectivity index (χ3n) is 5.35. The monoisotopic (exact) mass is 411 g/mol. The summed E-state index contributed by atoms with van der Waals surface area (Å²) < 4.78 is 6.90. The number of hydrogen-bond acceptors (Lipinski definition) is 4. The van der Waals surface area contributed by atoms with Crippen molar-refractivity contribution in [3.8, 4) is 17.0 Å². The molecule has 0 unspecified atom stereocenters. The summed E-state index contributed by atoms with van der Waals surface area (Å²) in [6.07, 6.45) is 4.26. The Labute approximate surface area is 178 Å². The molecule has 0 radical (unpaired) electrons. The summed E-state index contributed by atoms with van der Waals surface area (Å²) in [5, 5.41) is 8.29. The zero-order chi connectivity index (χ0) is 21.2. The molecular formula is C24H21N5O2. The molecule has 5 aromatic rings. The van der Waals surface area contributed by atoms with Gasteiger partial charge in [0.15, 0.2) is 5.65 Å². The third kappa shape index (κ3) is 3.61. The van der Waals surface area contributed by atoms with Gasteiger partial charge in [0.2, 0.25) is 5.91 Å². The van der Waals surface area contributed by atoms with E-state index in [9.17, 15) is 4.79 Å². The normalized spacial score (nSPS) is 11.1. The van der Waals surface area contributed by atoms with Gasteiger partial charge in [0, 0.05) is 35.3 Å². The number of anilines is 1. The number of rotatable bonds is 6. The Hall–Kier alpha value is -4.13. The molecule has 0 fully saturated rings. The molecule has 0 saturated heterocycles. The first-order valence-electron chi connectivity index (χ1n) is 10.1. The van der Waals surface area contributed by atoms with Crippen LogP contribution in [0.15, 0.2) is 73.1 Å². The van der Waals surface area contributed by atoms with Crippen LogP contribution in [0.3, 0.4) is 0 Å². The summed E-state index contributed by atoms with van der Waals surface area (Å²) in [5.41, 5.74) is 4.94. The lowest BCUT2D eigenvalue weighted by molar-refractivity contribution is -0.116. The number of aromatic nitrogens is 4. The molecule has 0 aliphatic carbocycles. The van der Waals surface area contributed by atoms with E-state index in [0.29, 0.717) is 24.3 Å². The van der Waals surface area contributed by atoms with E-state index in [-0.39, 0.29) is 5.91 Å². The largest absolute Gasteiger partial charge is 0.497 e. The summed E-state index contributed by atoms with van der Waals surface area (Å²) in [7, 11) is 1.65. The van der Waals surface area contributed by atoms with Crippen molar-refractivity contribution in [3.63, 3.8) is 0 Å². The third-order valence-corrected chi connectivity index (χ3v) is 5.35. The number of nitrogens with one attached hydrogen (secondary N) is 2. The van der Waals surface area contributed by atoms with E-state index in [1.807, 2.05) is 36.4 Å². The average Bonchev–Trinajstić information content (AvgIpc) is 3.43. The van der Waals surface area contributed by atoms with Crippen molar-refractivity contribution < 1.29 is 9.53 Å². The van der Waals surface area contributed by atoms with E-state index in [1.54, 1.807) is 36.2 Å². The van der Waals surface area contributed by atoms with Crippen LogP contribution in [0.25, 0.3) is 27.8 Å². The van der Waals surface area contributed by atoms with Gasteiger partial charge in [-0.1, -0.05) is 18.2 Å². The number of carbonyl (C=O) groups excluding carboxylic acids is 1. The molecule has 0 atom stereocenters. The molecule has 31 heavy (non-hydrogen) atoms. The van der Waals surface area contributed by atoms with E-state index >= 15 is 0 Å². The number of ether oxygens (including phenoxy) is 1. The van der Waals surface area contributed by atoms with Gasteiger partial charge in [-0.25, -0.2) is 4.98 Å². The van der Waals surface area contributed by atoms with Gasteiger partial charge >= 0.3 is 0 Å². The second kappa shape index (κ2) is 7.95. The molecule has 0 saturated carbocycles. The minimum absolute atomic E-state index is 0.0750. The molecule has 0 aliphatic rings. The van der Waals surface area contributed by atoms with Gasteiger partial charge in [0.05, 0.1) is 13.3 Å². The smallest absolute Gasteiger partial charge is 0.225 e. The maximum atomic E-state index is 12.7. The summed E-state index contributed by atoms with van der Waals surface area (Å²) >= 11 is 0. The van der Waals surface area contributed by atoms with Crippen LogP contribution in [-0.2, 0) is 11.2 Å². The maximum Gasteiger partial charge on any atom is 0.225 e. The SMILES string of the molecule is COc1ccc(-c2[nH]c3ccccc3c2CCC(=O)Nc2ccnc3ccnn23)cc1. The van der Waals surface area contributed by atoms with Crippen molar-refractivity contribution in [1.29, 1.82) is 0 Å². The summed E-state index contributed by atoms with van der Waals surface area (Å²) in [6.45, 7) is 0. The van der Waals surface area contributed by atoms with Gasteiger partial charge in [-0.2, -0.15) is 9.61 Å². The lowest BCUT2D eigenvalue weighted by Crippen LogP contribution is -2.15. The standard InChI is InChI=1S/C24H21N5O2/c1-31-17-8-6-16(7-9-17)24-19(18-4-2-3-5-20(18)27-24)10-11-23(30)28-22-12-14-25-21-13-15-26-29(21)22/h2-9,12-15,27H,10-11H2,1H3,(H,28,30). The molecule has 0 bridgehead atoms. The molecule has 2 aromatic carbocycles. The summed E-state index contributed by atoms with van der Waals surface area (Å²) in [5.74, 6) is 1.34. The number of para-hydroxylation sites is 1. The van der Waals surface area contributed by atoms with Crippen molar-refractivity contribution >= 4 is 28.3 Å². The maximum absolute atomic E-state index is 12.7. The second-order valence-electron chi connectivity index (χ2n) is 7.23. The lowest BCUT2D eigenvalue weighted by Gasteiger charge is -2.09. The van der Waals surface area contributed by atoms with Crippen LogP contribution < -0.4 is 10.1 Å². The highest BCUT2D eigenvalue weighted by Gasteiger charge is 2.15. The molecule has 1 amide bonds. The molecule has 0 spiro atoms. The van der Waals surface area contributed by atoms with Crippen LogP contribution in [0.4, 0.5) is 5.82 Å². The van der Waals surface area contributed by atoms with Gasteiger partial charge in [-0.3, -0.25) is 4.79 Å². The number of methoxy groups -OCH3 is 1. The number of aryl methyl sites for hydroxylation is 1. The van der Waals surface area contributed by atoms with E-state index in [2.05, 4.69) is 32.5 Å². The minimum Gasteiger partial charge on any atom is -0.497 e. The van der Waals surface area contributed by atoms with Crippen LogP contribution in [0, 0.1) is 0 Å². The van der Waals surface area contributed by atoms with Gasteiger partial charge in [0.1, 0.15) is 11.6 Å². The predicted molar refractivity (Wildman–Crippen MR) is 120 cm³/mol. The Balaban J connectivity index is 1.41. The fourth-order valence-corrected chi connectivity index (χ4v) is 3.84. The second-order valence-corrected chi connectivity index (χ2v) is 7.23. The molecule has 0 aliphatic heterocycles. The average molecular weight is 411 g/mol. The molecular weight excluding hydrogens is 390 g/mol. The highest BCUT2D eigenvalue weighted by atomic mass is 16.5. The van der Waals surface area contributed by atoms with E-state index in [0.717, 1.165) is 33.5 Å². The Bertz CT molecular complexity index is 1370. The Kier molecular flexibility index (Phi) is 4.84. The number of nitrogens with zero attached hydrogens (tertiary/aromatic N) is 3. The minimum atomic E-state index is -0.0750. The quantitative estimate of drug-likeness (QED) is 0.432.